The van der Waals surface area contributed by atoms with Crippen LogP contribution in [0.4, 0.5) is 0 Å². The van der Waals surface area contributed by atoms with Crippen LogP contribution in [0.3, 0.4) is 0 Å². The van der Waals surface area contributed by atoms with Gasteiger partial charge in [0.2, 0.25) is 0 Å². The van der Waals surface area contributed by atoms with Gasteiger partial charge in [0.1, 0.15) is 5.75 Å². The van der Waals surface area contributed by atoms with Crippen molar-refractivity contribution in [3.8, 4) is 5.75 Å². The quantitative estimate of drug-likeness (QED) is 0.648. The van der Waals surface area contributed by atoms with Gasteiger partial charge in [-0.2, -0.15) is 0 Å². The van der Waals surface area contributed by atoms with E-state index in [-0.39, 0.29) is 12.8 Å². The highest BCUT2D eigenvalue weighted by Crippen LogP contribution is 2.27. The van der Waals surface area contributed by atoms with Crippen LogP contribution < -0.4 is 10.5 Å². The molecule has 3 nitrogen and oxygen atoms in total. The van der Waals surface area contributed by atoms with Gasteiger partial charge < -0.3 is 15.2 Å². The maximum absolute atomic E-state index is 6.13. The minimum absolute atomic E-state index is 0.0455. The van der Waals surface area contributed by atoms with Crippen LogP contribution in [-0.2, 0) is 11.3 Å². The molecule has 0 amide bonds. The largest absolute Gasteiger partial charge is 0.466 e. The van der Waals surface area contributed by atoms with Crippen LogP contribution in [0.15, 0.2) is 48.5 Å². The maximum atomic E-state index is 6.13. The summed E-state index contributed by atoms with van der Waals surface area (Å²) in [7, 11) is 0. The van der Waals surface area contributed by atoms with E-state index in [0.29, 0.717) is 17.4 Å². The summed E-state index contributed by atoms with van der Waals surface area (Å²) in [6.07, 6.45) is 0. The molecule has 2 rings (SSSR count). The molecule has 1 atom stereocenters. The lowest BCUT2D eigenvalue weighted by Crippen LogP contribution is -2.06. The zero-order valence-corrected chi connectivity index (χ0v) is 12.1. The Kier molecular flexibility index (Phi) is 5.41. The fourth-order valence-corrected chi connectivity index (χ4v) is 2.00. The third kappa shape index (κ3) is 4.23. The molecule has 0 bridgehead atoms. The van der Waals surface area contributed by atoms with Gasteiger partial charge in [0.25, 0.3) is 0 Å². The third-order valence-electron chi connectivity index (χ3n) is 2.89. The molecule has 2 N–H and O–H groups in total. The van der Waals surface area contributed by atoms with Gasteiger partial charge in [-0.15, -0.1) is 0 Å². The average Bonchev–Trinajstić information content (AvgIpc) is 2.46. The number of nitrogens with two attached hydrogens (primary N) is 1. The number of hydrogen-bond donors (Lipinski definition) is 1. The van der Waals surface area contributed by atoms with Gasteiger partial charge in [-0.1, -0.05) is 48.0 Å². The second kappa shape index (κ2) is 7.29. The van der Waals surface area contributed by atoms with Gasteiger partial charge in [-0.05, 0) is 30.2 Å². The first kappa shape index (κ1) is 14.9. The van der Waals surface area contributed by atoms with E-state index in [1.54, 1.807) is 0 Å². The van der Waals surface area contributed by atoms with Crippen molar-refractivity contribution in [1.29, 1.82) is 0 Å². The monoisotopic (exact) mass is 291 g/mol. The molecular formula is C16H18ClNO2. The Morgan fingerprint density at radius 1 is 1.15 bits per heavy atom. The van der Waals surface area contributed by atoms with E-state index in [9.17, 15) is 0 Å². The first-order chi connectivity index (χ1) is 9.66. The van der Waals surface area contributed by atoms with E-state index in [0.717, 1.165) is 11.1 Å². The Hall–Kier alpha value is -1.55. The zero-order valence-electron chi connectivity index (χ0n) is 11.4. The second-order valence-corrected chi connectivity index (χ2v) is 4.98. The fraction of sp³-hybridized carbons (Fsp3) is 0.250. The Balaban J connectivity index is 1.82. The van der Waals surface area contributed by atoms with Crippen LogP contribution in [0.1, 0.15) is 24.1 Å². The molecule has 0 aromatic heterocycles. The van der Waals surface area contributed by atoms with Crippen molar-refractivity contribution in [2.24, 2.45) is 5.73 Å². The molecule has 0 saturated heterocycles. The summed E-state index contributed by atoms with van der Waals surface area (Å²) < 4.78 is 10.9. The summed E-state index contributed by atoms with van der Waals surface area (Å²) in [5, 5.41) is 0.545. The van der Waals surface area contributed by atoms with Gasteiger partial charge in [0.15, 0.2) is 6.79 Å². The number of ether oxygens (including phenoxy) is 2. The molecule has 0 spiro atoms. The van der Waals surface area contributed by atoms with Gasteiger partial charge >= 0.3 is 0 Å². The van der Waals surface area contributed by atoms with Crippen molar-refractivity contribution in [3.05, 3.63) is 64.7 Å². The van der Waals surface area contributed by atoms with Gasteiger partial charge in [-0.3, -0.25) is 0 Å². The molecule has 2 aromatic carbocycles. The van der Waals surface area contributed by atoms with Crippen LogP contribution in [0.25, 0.3) is 0 Å². The van der Waals surface area contributed by atoms with Crippen molar-refractivity contribution in [1.82, 2.24) is 0 Å². The highest BCUT2D eigenvalue weighted by atomic mass is 35.5. The van der Waals surface area contributed by atoms with E-state index in [1.807, 2.05) is 55.5 Å². The van der Waals surface area contributed by atoms with Crippen LogP contribution in [0.2, 0.25) is 5.02 Å². The maximum Gasteiger partial charge on any atom is 0.189 e. The first-order valence-electron chi connectivity index (χ1n) is 6.46. The van der Waals surface area contributed by atoms with Crippen molar-refractivity contribution in [2.75, 3.05) is 6.79 Å². The van der Waals surface area contributed by atoms with Crippen LogP contribution in [0, 0.1) is 0 Å². The standard InChI is InChI=1S/C16H18ClNO2/c1-12(18)14-7-8-16(15(17)9-14)20-11-19-10-13-5-3-2-4-6-13/h2-9,12H,10-11,18H2,1H3. The highest BCUT2D eigenvalue weighted by Gasteiger charge is 2.05. The molecule has 0 aliphatic rings. The molecule has 2 aromatic rings. The van der Waals surface area contributed by atoms with E-state index in [2.05, 4.69) is 0 Å². The molecule has 0 aliphatic heterocycles. The average molecular weight is 292 g/mol. The summed E-state index contributed by atoms with van der Waals surface area (Å²) >= 11 is 6.13. The molecule has 4 heteroatoms. The summed E-state index contributed by atoms with van der Waals surface area (Å²) in [5.41, 5.74) is 7.88. The Morgan fingerprint density at radius 2 is 1.90 bits per heavy atom. The molecule has 1 unspecified atom stereocenters. The van der Waals surface area contributed by atoms with Crippen LogP contribution in [-0.4, -0.2) is 6.79 Å². The number of benzene rings is 2. The summed E-state index contributed by atoms with van der Waals surface area (Å²) in [5.74, 6) is 0.601. The lowest BCUT2D eigenvalue weighted by Gasteiger charge is -2.11. The minimum atomic E-state index is -0.0455. The summed E-state index contributed by atoms with van der Waals surface area (Å²) in [6, 6.07) is 15.4. The van der Waals surface area contributed by atoms with E-state index in [4.69, 9.17) is 26.8 Å². The molecule has 20 heavy (non-hydrogen) atoms. The second-order valence-electron chi connectivity index (χ2n) is 4.57. The van der Waals surface area contributed by atoms with Crippen molar-refractivity contribution in [3.63, 3.8) is 0 Å². The highest BCUT2D eigenvalue weighted by molar-refractivity contribution is 6.32. The van der Waals surface area contributed by atoms with Crippen LogP contribution >= 0.6 is 11.6 Å². The van der Waals surface area contributed by atoms with Crippen LogP contribution in [0.5, 0.6) is 5.75 Å². The first-order valence-corrected chi connectivity index (χ1v) is 6.84. The third-order valence-corrected chi connectivity index (χ3v) is 3.19. The Bertz CT molecular complexity index is 543. The topological polar surface area (TPSA) is 44.5 Å². The smallest absolute Gasteiger partial charge is 0.189 e. The number of halogens is 1. The zero-order chi connectivity index (χ0) is 14.4. The minimum Gasteiger partial charge on any atom is -0.466 e. The van der Waals surface area contributed by atoms with Crippen molar-refractivity contribution in [2.45, 2.75) is 19.6 Å². The molecule has 0 radical (unpaired) electrons. The lowest BCUT2D eigenvalue weighted by molar-refractivity contribution is 0.00509. The van der Waals surface area contributed by atoms with E-state index in [1.165, 1.54) is 0 Å². The van der Waals surface area contributed by atoms with E-state index >= 15 is 0 Å². The fourth-order valence-electron chi connectivity index (χ4n) is 1.76. The Labute approximate surface area is 124 Å². The molecule has 0 fully saturated rings. The molecule has 0 heterocycles. The van der Waals surface area contributed by atoms with Crippen molar-refractivity contribution >= 4 is 11.6 Å². The Morgan fingerprint density at radius 3 is 2.55 bits per heavy atom. The molecule has 0 saturated carbocycles. The number of rotatable bonds is 6. The SMILES string of the molecule is CC(N)c1ccc(OCOCc2ccccc2)c(Cl)c1. The van der Waals surface area contributed by atoms with Gasteiger partial charge in [-0.25, -0.2) is 0 Å². The summed E-state index contributed by atoms with van der Waals surface area (Å²) in [6.45, 7) is 2.58. The molecular weight excluding hydrogens is 274 g/mol. The lowest BCUT2D eigenvalue weighted by atomic mass is 10.1. The number of hydrogen-bond acceptors (Lipinski definition) is 3. The predicted molar refractivity (Wildman–Crippen MR) is 80.8 cm³/mol. The molecule has 106 valence electrons. The van der Waals surface area contributed by atoms with Crippen molar-refractivity contribution < 1.29 is 9.47 Å². The van der Waals surface area contributed by atoms with E-state index < -0.39 is 0 Å². The molecule has 0 aliphatic carbocycles. The normalized spacial score (nSPS) is 12.2. The summed E-state index contributed by atoms with van der Waals surface area (Å²) in [4.78, 5) is 0. The van der Waals surface area contributed by atoms with Gasteiger partial charge in [0.05, 0.1) is 11.6 Å². The predicted octanol–water partition coefficient (Wildman–Crippen LogP) is 3.91. The van der Waals surface area contributed by atoms with Gasteiger partial charge in [0, 0.05) is 6.04 Å².